The first-order valence-corrected chi connectivity index (χ1v) is 8.29. The van der Waals surface area contributed by atoms with Crippen molar-refractivity contribution in [3.8, 4) is 17.4 Å². The summed E-state index contributed by atoms with van der Waals surface area (Å²) >= 11 is 0. The zero-order chi connectivity index (χ0) is 18.5. The first-order valence-electron chi connectivity index (χ1n) is 8.29. The summed E-state index contributed by atoms with van der Waals surface area (Å²) in [7, 11) is 0. The Balaban J connectivity index is 2.06. The van der Waals surface area contributed by atoms with Gasteiger partial charge in [-0.15, -0.1) is 0 Å². The van der Waals surface area contributed by atoms with E-state index in [2.05, 4.69) is 20.4 Å². The lowest BCUT2D eigenvalue weighted by molar-refractivity contribution is 0.167. The summed E-state index contributed by atoms with van der Waals surface area (Å²) in [5.41, 5.74) is 0.823. The molecule has 3 aromatic rings. The summed E-state index contributed by atoms with van der Waals surface area (Å²) in [6.45, 7) is 3.93. The molecule has 0 fully saturated rings. The van der Waals surface area contributed by atoms with Crippen LogP contribution in [0.5, 0.6) is 0 Å². The molecule has 3 rings (SSSR count). The second-order valence-electron chi connectivity index (χ2n) is 5.46. The Morgan fingerprint density at radius 1 is 1.38 bits per heavy atom. The molecule has 0 spiro atoms. The van der Waals surface area contributed by atoms with E-state index < -0.39 is 6.09 Å². The maximum Gasteiger partial charge on any atom is 0.412 e. The number of carbonyl (C=O) groups is 1. The lowest BCUT2D eigenvalue weighted by Gasteiger charge is -2.08. The van der Waals surface area contributed by atoms with Crippen molar-refractivity contribution in [3.63, 3.8) is 0 Å². The van der Waals surface area contributed by atoms with Crippen LogP contribution in [0.2, 0.25) is 0 Å². The fourth-order valence-corrected chi connectivity index (χ4v) is 2.43. The maximum absolute atomic E-state index is 12.0. The largest absolute Gasteiger partial charge is 0.463 e. The van der Waals surface area contributed by atoms with Gasteiger partial charge in [-0.1, -0.05) is 13.3 Å². The van der Waals surface area contributed by atoms with Crippen LogP contribution < -0.4 is 10.9 Å². The summed E-state index contributed by atoms with van der Waals surface area (Å²) < 4.78 is 11.6. The topological polar surface area (TPSA) is 115 Å². The monoisotopic (exact) mass is 357 g/mol. The number of aryl methyl sites for hydroxylation is 1. The minimum atomic E-state index is -0.633. The Bertz CT molecular complexity index is 942. The van der Waals surface area contributed by atoms with Crippen LogP contribution in [0.15, 0.2) is 39.7 Å². The van der Waals surface area contributed by atoms with E-state index in [1.807, 2.05) is 6.92 Å². The van der Waals surface area contributed by atoms with Crippen molar-refractivity contribution in [3.05, 3.63) is 46.6 Å². The molecule has 0 aliphatic rings. The Hall–Kier alpha value is -3.36. The van der Waals surface area contributed by atoms with Gasteiger partial charge in [0.2, 0.25) is 5.95 Å². The van der Waals surface area contributed by atoms with Gasteiger partial charge < -0.3 is 9.15 Å². The second-order valence-corrected chi connectivity index (χ2v) is 5.46. The van der Waals surface area contributed by atoms with Gasteiger partial charge in [0.25, 0.3) is 5.56 Å². The lowest BCUT2D eigenvalue weighted by atomic mass is 10.2. The van der Waals surface area contributed by atoms with E-state index in [9.17, 15) is 9.59 Å². The smallest absolute Gasteiger partial charge is 0.412 e. The summed E-state index contributed by atoms with van der Waals surface area (Å²) in [4.78, 5) is 30.9. The predicted molar refractivity (Wildman–Crippen MR) is 94.3 cm³/mol. The molecule has 0 aromatic carbocycles. The van der Waals surface area contributed by atoms with Crippen LogP contribution >= 0.6 is 0 Å². The zero-order valence-electron chi connectivity index (χ0n) is 14.5. The van der Waals surface area contributed by atoms with Crippen molar-refractivity contribution < 1.29 is 13.9 Å². The lowest BCUT2D eigenvalue weighted by Crippen LogP contribution is -2.19. The van der Waals surface area contributed by atoms with Crippen molar-refractivity contribution in [1.29, 1.82) is 0 Å². The molecule has 0 radical (unpaired) electrons. The fraction of sp³-hybridized carbons (Fsp3) is 0.294. The molecule has 0 aliphatic carbocycles. The molecule has 0 bridgehead atoms. The minimum Gasteiger partial charge on any atom is -0.463 e. The van der Waals surface area contributed by atoms with Crippen molar-refractivity contribution in [1.82, 2.24) is 19.7 Å². The van der Waals surface area contributed by atoms with Crippen LogP contribution in [0.4, 0.5) is 10.6 Å². The van der Waals surface area contributed by atoms with E-state index >= 15 is 0 Å². The number of H-pyrrole nitrogens is 1. The number of nitrogens with one attached hydrogen (secondary N) is 2. The molecule has 3 aromatic heterocycles. The SMILES string of the molecule is CCCc1cc(=O)[nH]c(-n2nc(-c3ccco3)cc2NC(=O)OCC)n1. The Labute approximate surface area is 149 Å². The zero-order valence-corrected chi connectivity index (χ0v) is 14.5. The van der Waals surface area contributed by atoms with Crippen molar-refractivity contribution >= 4 is 11.9 Å². The molecule has 0 aliphatic heterocycles. The summed E-state index contributed by atoms with van der Waals surface area (Å²) in [6, 6.07) is 6.53. The molecule has 2 N–H and O–H groups in total. The number of rotatable bonds is 6. The van der Waals surface area contributed by atoms with E-state index in [1.54, 1.807) is 25.1 Å². The molecule has 9 nitrogen and oxygen atoms in total. The van der Waals surface area contributed by atoms with Crippen molar-refractivity contribution in [2.45, 2.75) is 26.7 Å². The molecular formula is C17H19N5O4. The normalized spacial score (nSPS) is 10.7. The van der Waals surface area contributed by atoms with E-state index in [4.69, 9.17) is 9.15 Å². The molecule has 136 valence electrons. The Morgan fingerprint density at radius 2 is 2.23 bits per heavy atom. The molecule has 0 saturated heterocycles. The van der Waals surface area contributed by atoms with E-state index in [0.717, 1.165) is 6.42 Å². The first kappa shape index (κ1) is 17.5. The standard InChI is InChI=1S/C17H19N5O4/c1-3-6-11-9-15(23)20-16(18-11)22-14(19-17(24)25-4-2)10-12(21-22)13-7-5-8-26-13/h5,7-10H,3-4,6H2,1-2H3,(H,19,24)(H,18,20,23). The van der Waals surface area contributed by atoms with Crippen molar-refractivity contribution in [2.75, 3.05) is 11.9 Å². The van der Waals surface area contributed by atoms with Gasteiger partial charge in [0.15, 0.2) is 5.76 Å². The van der Waals surface area contributed by atoms with E-state index in [0.29, 0.717) is 29.4 Å². The number of hydrogen-bond donors (Lipinski definition) is 2. The number of furan rings is 1. The minimum absolute atomic E-state index is 0.200. The molecule has 3 heterocycles. The number of nitrogens with zero attached hydrogens (tertiary/aromatic N) is 3. The maximum atomic E-state index is 12.0. The highest BCUT2D eigenvalue weighted by Gasteiger charge is 2.17. The number of ether oxygens (including phenoxy) is 1. The van der Waals surface area contributed by atoms with E-state index in [1.165, 1.54) is 17.0 Å². The fourth-order valence-electron chi connectivity index (χ4n) is 2.43. The summed E-state index contributed by atoms with van der Waals surface area (Å²) in [6.07, 6.45) is 2.39. The van der Waals surface area contributed by atoms with Gasteiger partial charge in [0.1, 0.15) is 11.5 Å². The van der Waals surface area contributed by atoms with Gasteiger partial charge >= 0.3 is 6.09 Å². The highest BCUT2D eigenvalue weighted by Crippen LogP contribution is 2.24. The van der Waals surface area contributed by atoms with Crippen LogP contribution in [0.1, 0.15) is 26.0 Å². The van der Waals surface area contributed by atoms with Crippen molar-refractivity contribution in [2.24, 2.45) is 0 Å². The number of anilines is 1. The number of aromatic nitrogens is 4. The van der Waals surface area contributed by atoms with Crippen LogP contribution in [0.25, 0.3) is 17.4 Å². The molecule has 1 amide bonds. The first-order chi connectivity index (χ1) is 12.6. The van der Waals surface area contributed by atoms with Gasteiger partial charge in [-0.25, -0.2) is 9.78 Å². The summed E-state index contributed by atoms with van der Waals surface area (Å²) in [5.74, 6) is 1.01. The van der Waals surface area contributed by atoms with Gasteiger partial charge in [0.05, 0.1) is 12.9 Å². The van der Waals surface area contributed by atoms with Crippen LogP contribution in [0, 0.1) is 0 Å². The second kappa shape index (κ2) is 7.68. The van der Waals surface area contributed by atoms with Crippen LogP contribution in [-0.4, -0.2) is 32.4 Å². The van der Waals surface area contributed by atoms with E-state index in [-0.39, 0.29) is 18.1 Å². The Morgan fingerprint density at radius 3 is 2.92 bits per heavy atom. The molecule has 26 heavy (non-hydrogen) atoms. The Kier molecular flexibility index (Phi) is 5.16. The average Bonchev–Trinajstić information content (AvgIpc) is 3.24. The molecule has 9 heteroatoms. The van der Waals surface area contributed by atoms with Gasteiger partial charge in [-0.05, 0) is 25.5 Å². The van der Waals surface area contributed by atoms with Gasteiger partial charge in [-0.2, -0.15) is 9.78 Å². The van der Waals surface area contributed by atoms with Gasteiger partial charge in [0, 0.05) is 17.8 Å². The highest BCUT2D eigenvalue weighted by molar-refractivity contribution is 5.84. The summed E-state index contributed by atoms with van der Waals surface area (Å²) in [5, 5.41) is 7.00. The third kappa shape index (κ3) is 3.82. The average molecular weight is 357 g/mol. The predicted octanol–water partition coefficient (Wildman–Crippen LogP) is 2.74. The molecule has 0 atom stereocenters. The van der Waals surface area contributed by atoms with Crippen LogP contribution in [0.3, 0.4) is 0 Å². The number of hydrogen-bond acceptors (Lipinski definition) is 6. The van der Waals surface area contributed by atoms with Crippen LogP contribution in [-0.2, 0) is 11.2 Å². The molecule has 0 unspecified atom stereocenters. The third-order valence-corrected chi connectivity index (χ3v) is 3.48. The number of aromatic amines is 1. The number of carbonyl (C=O) groups excluding carboxylic acids is 1. The quantitative estimate of drug-likeness (QED) is 0.701. The molecular weight excluding hydrogens is 338 g/mol. The number of amides is 1. The van der Waals surface area contributed by atoms with Gasteiger partial charge in [-0.3, -0.25) is 15.1 Å². The molecule has 0 saturated carbocycles. The highest BCUT2D eigenvalue weighted by atomic mass is 16.5. The third-order valence-electron chi connectivity index (χ3n) is 3.48.